The van der Waals surface area contributed by atoms with Crippen LogP contribution in [0.5, 0.6) is 0 Å². The number of carbonyl (C=O) groups excluding carboxylic acids is 1. The fraction of sp³-hybridized carbons (Fsp3) is 0.0625. The Morgan fingerprint density at radius 2 is 2.00 bits per heavy atom. The highest BCUT2D eigenvalue weighted by atomic mass is 16.4. The molecule has 21 heavy (non-hydrogen) atoms. The minimum Gasteiger partial charge on any atom is -0.423 e. The lowest BCUT2D eigenvalue weighted by Crippen LogP contribution is -2.13. The lowest BCUT2D eigenvalue weighted by Gasteiger charge is -2.06. The minimum atomic E-state index is -0.400. The molecule has 0 saturated carbocycles. The van der Waals surface area contributed by atoms with Crippen LogP contribution in [-0.2, 0) is 0 Å². The van der Waals surface area contributed by atoms with Crippen LogP contribution >= 0.6 is 0 Å². The summed E-state index contributed by atoms with van der Waals surface area (Å²) in [6, 6.07) is 13.3. The third kappa shape index (κ3) is 2.81. The van der Waals surface area contributed by atoms with Crippen LogP contribution in [0.15, 0.2) is 57.7 Å². The van der Waals surface area contributed by atoms with Crippen molar-refractivity contribution in [2.24, 2.45) is 0 Å². The van der Waals surface area contributed by atoms with E-state index in [1.54, 1.807) is 36.4 Å². The first kappa shape index (κ1) is 13.1. The zero-order valence-corrected chi connectivity index (χ0v) is 11.3. The van der Waals surface area contributed by atoms with Crippen LogP contribution in [0.25, 0.3) is 11.0 Å². The van der Waals surface area contributed by atoms with Crippen LogP contribution in [0.1, 0.15) is 16.2 Å². The molecular weight excluding hydrogens is 268 g/mol. The number of hydrogen-bond donors (Lipinski definition) is 1. The van der Waals surface area contributed by atoms with Crippen LogP contribution in [0.4, 0.5) is 5.69 Å². The summed E-state index contributed by atoms with van der Waals surface area (Å²) in [6.07, 6.45) is 0. The molecule has 0 bridgehead atoms. The molecule has 5 nitrogen and oxygen atoms in total. The maximum Gasteiger partial charge on any atom is 0.336 e. The average molecular weight is 280 g/mol. The number of carbonyl (C=O) groups is 1. The average Bonchev–Trinajstić information content (AvgIpc) is 2.47. The molecule has 0 aliphatic rings. The Hall–Kier alpha value is -2.95. The number of benzene rings is 1. The van der Waals surface area contributed by atoms with E-state index < -0.39 is 5.63 Å². The topological polar surface area (TPSA) is 72.2 Å². The zero-order valence-electron chi connectivity index (χ0n) is 11.3. The molecule has 3 rings (SSSR count). The van der Waals surface area contributed by atoms with Gasteiger partial charge in [0.1, 0.15) is 11.3 Å². The van der Waals surface area contributed by atoms with Gasteiger partial charge in [-0.05, 0) is 43.3 Å². The first-order valence-electron chi connectivity index (χ1n) is 6.41. The Morgan fingerprint density at radius 1 is 1.14 bits per heavy atom. The smallest absolute Gasteiger partial charge is 0.336 e. The maximum atomic E-state index is 12.1. The van der Waals surface area contributed by atoms with Crippen molar-refractivity contribution in [3.63, 3.8) is 0 Å². The fourth-order valence-electron chi connectivity index (χ4n) is 2.01. The van der Waals surface area contributed by atoms with Gasteiger partial charge in [-0.1, -0.05) is 6.07 Å². The second kappa shape index (κ2) is 5.20. The number of rotatable bonds is 2. The number of pyridine rings is 1. The highest BCUT2D eigenvalue weighted by Gasteiger charge is 2.08. The second-order valence-electron chi connectivity index (χ2n) is 4.63. The van der Waals surface area contributed by atoms with Crippen molar-refractivity contribution in [3.8, 4) is 0 Å². The van der Waals surface area contributed by atoms with E-state index in [0.29, 0.717) is 17.0 Å². The van der Waals surface area contributed by atoms with Crippen LogP contribution in [0.3, 0.4) is 0 Å². The van der Waals surface area contributed by atoms with Gasteiger partial charge in [-0.3, -0.25) is 4.79 Å². The molecule has 0 spiro atoms. The predicted molar refractivity (Wildman–Crippen MR) is 79.4 cm³/mol. The van der Waals surface area contributed by atoms with Crippen molar-refractivity contribution in [3.05, 3.63) is 70.3 Å². The lowest BCUT2D eigenvalue weighted by molar-refractivity contribution is 0.102. The van der Waals surface area contributed by atoms with Gasteiger partial charge in [-0.2, -0.15) is 0 Å². The molecule has 0 aliphatic heterocycles. The Morgan fingerprint density at radius 3 is 2.81 bits per heavy atom. The van der Waals surface area contributed by atoms with Crippen molar-refractivity contribution in [2.45, 2.75) is 6.92 Å². The number of amides is 1. The number of anilines is 1. The summed E-state index contributed by atoms with van der Waals surface area (Å²) in [4.78, 5) is 27.4. The van der Waals surface area contributed by atoms with Crippen LogP contribution in [0, 0.1) is 6.92 Å². The third-order valence-corrected chi connectivity index (χ3v) is 3.00. The Balaban J connectivity index is 1.89. The highest BCUT2D eigenvalue weighted by molar-refractivity contribution is 6.03. The summed E-state index contributed by atoms with van der Waals surface area (Å²) < 4.78 is 5.04. The Labute approximate surface area is 120 Å². The SMILES string of the molecule is Cc1cccc(C(=O)Nc2ccc3oc(=O)ccc3c2)n1. The van der Waals surface area contributed by atoms with Crippen molar-refractivity contribution < 1.29 is 9.21 Å². The van der Waals surface area contributed by atoms with Gasteiger partial charge in [0.15, 0.2) is 0 Å². The molecule has 1 aromatic carbocycles. The molecule has 0 radical (unpaired) electrons. The van der Waals surface area contributed by atoms with Crippen LogP contribution in [-0.4, -0.2) is 10.9 Å². The first-order valence-corrected chi connectivity index (χ1v) is 6.41. The zero-order chi connectivity index (χ0) is 14.8. The molecule has 2 heterocycles. The number of hydrogen-bond acceptors (Lipinski definition) is 4. The molecule has 1 N–H and O–H groups in total. The van der Waals surface area contributed by atoms with E-state index in [0.717, 1.165) is 11.1 Å². The van der Waals surface area contributed by atoms with E-state index in [9.17, 15) is 9.59 Å². The molecule has 1 amide bonds. The number of nitrogens with zero attached hydrogens (tertiary/aromatic N) is 1. The third-order valence-electron chi connectivity index (χ3n) is 3.00. The molecule has 104 valence electrons. The molecular formula is C16H12N2O3. The summed E-state index contributed by atoms with van der Waals surface area (Å²) >= 11 is 0. The van der Waals surface area contributed by atoms with E-state index in [1.165, 1.54) is 6.07 Å². The van der Waals surface area contributed by atoms with Crippen LogP contribution < -0.4 is 10.9 Å². The van der Waals surface area contributed by atoms with E-state index >= 15 is 0 Å². The molecule has 3 aromatic rings. The van der Waals surface area contributed by atoms with Gasteiger partial charge in [-0.15, -0.1) is 0 Å². The molecule has 2 aromatic heterocycles. The Kier molecular flexibility index (Phi) is 3.23. The lowest BCUT2D eigenvalue weighted by atomic mass is 10.2. The number of nitrogens with one attached hydrogen (secondary N) is 1. The molecule has 0 saturated heterocycles. The van der Waals surface area contributed by atoms with Crippen molar-refractivity contribution in [1.29, 1.82) is 0 Å². The number of aromatic nitrogens is 1. The van der Waals surface area contributed by atoms with Gasteiger partial charge in [0.25, 0.3) is 5.91 Å². The quantitative estimate of drug-likeness (QED) is 0.733. The minimum absolute atomic E-state index is 0.282. The molecule has 0 atom stereocenters. The molecule has 5 heteroatoms. The van der Waals surface area contributed by atoms with Gasteiger partial charge < -0.3 is 9.73 Å². The number of aryl methyl sites for hydroxylation is 1. The van der Waals surface area contributed by atoms with Crippen molar-refractivity contribution in [2.75, 3.05) is 5.32 Å². The van der Waals surface area contributed by atoms with Gasteiger partial charge in [0.2, 0.25) is 0 Å². The van der Waals surface area contributed by atoms with Gasteiger partial charge >= 0.3 is 5.63 Å². The normalized spacial score (nSPS) is 10.5. The Bertz CT molecular complexity index is 884. The van der Waals surface area contributed by atoms with E-state index in [-0.39, 0.29) is 5.91 Å². The summed E-state index contributed by atoms with van der Waals surface area (Å²) in [5, 5.41) is 3.51. The fourth-order valence-corrected chi connectivity index (χ4v) is 2.01. The second-order valence-corrected chi connectivity index (χ2v) is 4.63. The molecule has 0 aliphatic carbocycles. The summed E-state index contributed by atoms with van der Waals surface area (Å²) in [5.41, 5.74) is 1.83. The van der Waals surface area contributed by atoms with Crippen molar-refractivity contribution >= 4 is 22.6 Å². The predicted octanol–water partition coefficient (Wildman–Crippen LogP) is 2.75. The first-order chi connectivity index (χ1) is 10.1. The van der Waals surface area contributed by atoms with Crippen LogP contribution in [0.2, 0.25) is 0 Å². The molecule has 0 unspecified atom stereocenters. The van der Waals surface area contributed by atoms with E-state index in [2.05, 4.69) is 10.3 Å². The summed E-state index contributed by atoms with van der Waals surface area (Å²) in [5.74, 6) is -0.282. The summed E-state index contributed by atoms with van der Waals surface area (Å²) in [6.45, 7) is 1.83. The van der Waals surface area contributed by atoms with Gasteiger partial charge in [0, 0.05) is 22.8 Å². The number of fused-ring (bicyclic) bond motifs is 1. The largest absolute Gasteiger partial charge is 0.423 e. The maximum absolute atomic E-state index is 12.1. The summed E-state index contributed by atoms with van der Waals surface area (Å²) in [7, 11) is 0. The highest BCUT2D eigenvalue weighted by Crippen LogP contribution is 2.18. The monoisotopic (exact) mass is 280 g/mol. The van der Waals surface area contributed by atoms with Crippen molar-refractivity contribution in [1.82, 2.24) is 4.98 Å². The molecule has 0 fully saturated rings. The van der Waals surface area contributed by atoms with Gasteiger partial charge in [0.05, 0.1) is 0 Å². The van der Waals surface area contributed by atoms with E-state index in [1.807, 2.05) is 13.0 Å². The standard InChI is InChI=1S/C16H12N2O3/c1-10-3-2-4-13(17-10)16(20)18-12-6-7-14-11(9-12)5-8-15(19)21-14/h2-9H,1H3,(H,18,20). The van der Waals surface area contributed by atoms with E-state index in [4.69, 9.17) is 4.42 Å². The van der Waals surface area contributed by atoms with Gasteiger partial charge in [-0.25, -0.2) is 9.78 Å².